The van der Waals surface area contributed by atoms with Gasteiger partial charge in [0.15, 0.2) is 0 Å². The Kier molecular flexibility index (Phi) is 3.21. The van der Waals surface area contributed by atoms with E-state index in [0.29, 0.717) is 0 Å². The molecule has 2 aliphatic rings. The van der Waals surface area contributed by atoms with E-state index in [9.17, 15) is 19.4 Å². The van der Waals surface area contributed by atoms with Gasteiger partial charge < -0.3 is 30.7 Å². The Bertz CT molecular complexity index is 308. The largest absolute Gasteiger partial charge is 0.394 e. The molecule has 0 unspecified atom stereocenters. The number of ether oxygens (including phenoxy) is 1. The zero-order valence-electron chi connectivity index (χ0n) is 8.97. The predicted octanol–water partition coefficient (Wildman–Crippen LogP) is -2.31. The van der Waals surface area contributed by atoms with Gasteiger partial charge in [0.25, 0.3) is 0 Å². The highest BCUT2D eigenvalue weighted by Crippen LogP contribution is 2.38. The molecule has 8 heteroatoms. The van der Waals surface area contributed by atoms with Crippen molar-refractivity contribution in [3.8, 4) is 0 Å². The van der Waals surface area contributed by atoms with Gasteiger partial charge in [0.05, 0.1) is 12.5 Å². The number of rotatable bonds is 2. The molecule has 4 atom stereocenters. The highest BCUT2D eigenvalue weighted by Gasteiger charge is 2.59. The van der Waals surface area contributed by atoms with Gasteiger partial charge in [0.1, 0.15) is 18.3 Å². The van der Waals surface area contributed by atoms with Crippen molar-refractivity contribution in [1.82, 2.24) is 10.6 Å². The molecule has 0 aromatic rings. The second-order valence-electron chi connectivity index (χ2n) is 4.26. The average molecular weight is 250 g/mol. The van der Waals surface area contributed by atoms with Gasteiger partial charge >= 0.3 is 6.03 Å². The lowest BCUT2D eigenvalue weighted by Gasteiger charge is -2.34. The van der Waals surface area contributed by atoms with Crippen LogP contribution in [0.15, 0.2) is 0 Å². The first-order chi connectivity index (χ1) is 7.99. The maximum Gasteiger partial charge on any atom is 0.314 e. The van der Waals surface area contributed by atoms with Gasteiger partial charge in [-0.25, -0.2) is 9.18 Å². The summed E-state index contributed by atoms with van der Waals surface area (Å²) in [4.78, 5) is 10.9. The Labute approximate surface area is 96.6 Å². The molecule has 0 radical (unpaired) electrons. The van der Waals surface area contributed by atoms with Crippen LogP contribution in [0.1, 0.15) is 0 Å². The summed E-state index contributed by atoms with van der Waals surface area (Å²) >= 11 is 0. The standard InChI is InChI=1S/C9H15FN2O5/c10-9(4-1-11-8(16)12-2-4)7(15)6(14)5(3-13)17-9/h4-7,13-15H,1-3H2,(H2,11,12,16)/t5-,6+,7+,9+/m1/s1. The van der Waals surface area contributed by atoms with Crippen LogP contribution in [0.2, 0.25) is 0 Å². The van der Waals surface area contributed by atoms with E-state index in [-0.39, 0.29) is 13.1 Å². The van der Waals surface area contributed by atoms with Crippen molar-refractivity contribution in [2.75, 3.05) is 19.7 Å². The Hall–Kier alpha value is -0.960. The quantitative estimate of drug-likeness (QED) is 0.378. The molecule has 7 nitrogen and oxygen atoms in total. The van der Waals surface area contributed by atoms with Crippen molar-refractivity contribution in [3.05, 3.63) is 0 Å². The molecule has 2 saturated heterocycles. The van der Waals surface area contributed by atoms with Gasteiger partial charge in [-0.15, -0.1) is 0 Å². The molecule has 2 aliphatic heterocycles. The zero-order valence-corrected chi connectivity index (χ0v) is 8.97. The van der Waals surface area contributed by atoms with Gasteiger partial charge in [-0.05, 0) is 0 Å². The van der Waals surface area contributed by atoms with E-state index >= 15 is 0 Å². The summed E-state index contributed by atoms with van der Waals surface area (Å²) in [7, 11) is 0. The number of halogens is 1. The van der Waals surface area contributed by atoms with Crippen molar-refractivity contribution in [3.63, 3.8) is 0 Å². The van der Waals surface area contributed by atoms with Gasteiger partial charge in [-0.2, -0.15) is 0 Å². The fraction of sp³-hybridized carbons (Fsp3) is 0.889. The van der Waals surface area contributed by atoms with Crippen LogP contribution in [0, 0.1) is 5.92 Å². The summed E-state index contributed by atoms with van der Waals surface area (Å²) in [6.45, 7) is -0.606. The van der Waals surface area contributed by atoms with E-state index in [1.807, 2.05) is 0 Å². The van der Waals surface area contributed by atoms with E-state index in [4.69, 9.17) is 9.84 Å². The van der Waals surface area contributed by atoms with Gasteiger partial charge in [-0.1, -0.05) is 0 Å². The molecule has 98 valence electrons. The van der Waals surface area contributed by atoms with E-state index in [0.717, 1.165) is 0 Å². The molecule has 5 N–H and O–H groups in total. The molecule has 0 aromatic heterocycles. The number of nitrogens with one attached hydrogen (secondary N) is 2. The lowest BCUT2D eigenvalue weighted by Crippen LogP contribution is -2.58. The van der Waals surface area contributed by atoms with Crippen LogP contribution >= 0.6 is 0 Å². The van der Waals surface area contributed by atoms with Crippen LogP contribution in [-0.4, -0.2) is 65.2 Å². The van der Waals surface area contributed by atoms with Crippen LogP contribution in [0.5, 0.6) is 0 Å². The summed E-state index contributed by atoms with van der Waals surface area (Å²) in [6, 6.07) is -0.420. The van der Waals surface area contributed by atoms with E-state index in [1.165, 1.54) is 0 Å². The fourth-order valence-corrected chi connectivity index (χ4v) is 2.14. The third-order valence-corrected chi connectivity index (χ3v) is 3.19. The summed E-state index contributed by atoms with van der Waals surface area (Å²) in [5.41, 5.74) is 0. The van der Waals surface area contributed by atoms with Crippen molar-refractivity contribution >= 4 is 6.03 Å². The SMILES string of the molecule is O=C1NCC([C@]2(F)O[C@H](CO)[C@H](O)[C@@H]2O)CN1. The summed E-state index contributed by atoms with van der Waals surface area (Å²) in [5, 5.41) is 32.8. The van der Waals surface area contributed by atoms with Gasteiger partial charge in [0.2, 0.25) is 5.85 Å². The second kappa shape index (κ2) is 4.37. The minimum absolute atomic E-state index is 0.00966. The van der Waals surface area contributed by atoms with Crippen LogP contribution in [0.3, 0.4) is 0 Å². The van der Waals surface area contributed by atoms with Crippen molar-refractivity contribution < 1.29 is 29.2 Å². The summed E-state index contributed by atoms with van der Waals surface area (Å²) < 4.78 is 19.4. The van der Waals surface area contributed by atoms with Crippen molar-refractivity contribution in [1.29, 1.82) is 0 Å². The van der Waals surface area contributed by atoms with Crippen LogP contribution in [0.4, 0.5) is 9.18 Å². The summed E-state index contributed by atoms with van der Waals surface area (Å²) in [6.07, 6.45) is -4.39. The highest BCUT2D eigenvalue weighted by molar-refractivity contribution is 5.74. The fourth-order valence-electron chi connectivity index (χ4n) is 2.14. The van der Waals surface area contributed by atoms with Crippen molar-refractivity contribution in [2.45, 2.75) is 24.2 Å². The third kappa shape index (κ3) is 1.97. The van der Waals surface area contributed by atoms with Crippen molar-refractivity contribution in [2.24, 2.45) is 5.92 Å². The van der Waals surface area contributed by atoms with E-state index in [1.54, 1.807) is 0 Å². The van der Waals surface area contributed by atoms with Gasteiger partial charge in [-0.3, -0.25) is 0 Å². The monoisotopic (exact) mass is 250 g/mol. The number of carbonyl (C=O) groups excluding carboxylic acids is 1. The Morgan fingerprint density at radius 1 is 1.41 bits per heavy atom. The molecule has 2 heterocycles. The van der Waals surface area contributed by atoms with Gasteiger partial charge in [0, 0.05) is 13.1 Å². The van der Waals surface area contributed by atoms with E-state index < -0.39 is 42.7 Å². The zero-order chi connectivity index (χ0) is 12.6. The first kappa shape index (κ1) is 12.5. The minimum atomic E-state index is -2.48. The molecule has 0 bridgehead atoms. The lowest BCUT2D eigenvalue weighted by atomic mass is 9.92. The first-order valence-electron chi connectivity index (χ1n) is 5.34. The minimum Gasteiger partial charge on any atom is -0.394 e. The molecule has 0 aromatic carbocycles. The number of hydrogen-bond donors (Lipinski definition) is 5. The number of carbonyl (C=O) groups is 1. The highest BCUT2D eigenvalue weighted by atomic mass is 19.2. The lowest BCUT2D eigenvalue weighted by molar-refractivity contribution is -0.210. The molecule has 0 saturated carbocycles. The third-order valence-electron chi connectivity index (χ3n) is 3.19. The Morgan fingerprint density at radius 3 is 2.47 bits per heavy atom. The van der Waals surface area contributed by atoms with Crippen LogP contribution in [0.25, 0.3) is 0 Å². The molecular formula is C9H15FN2O5. The number of amides is 2. The molecule has 2 rings (SSSR count). The molecule has 2 amide bonds. The Morgan fingerprint density at radius 2 is 2.00 bits per heavy atom. The number of urea groups is 1. The number of aliphatic hydroxyl groups is 3. The first-order valence-corrected chi connectivity index (χ1v) is 5.34. The molecule has 2 fully saturated rings. The van der Waals surface area contributed by atoms with Crippen LogP contribution in [-0.2, 0) is 4.74 Å². The normalized spacial score (nSPS) is 43.3. The second-order valence-corrected chi connectivity index (χ2v) is 4.26. The Balaban J connectivity index is 2.11. The molecule has 0 aliphatic carbocycles. The molecule has 17 heavy (non-hydrogen) atoms. The average Bonchev–Trinajstić information content (AvgIpc) is 2.55. The predicted molar refractivity (Wildman–Crippen MR) is 52.7 cm³/mol. The number of alkyl halides is 1. The molecular weight excluding hydrogens is 235 g/mol. The smallest absolute Gasteiger partial charge is 0.314 e. The van der Waals surface area contributed by atoms with Crippen LogP contribution < -0.4 is 10.6 Å². The molecule has 0 spiro atoms. The topological polar surface area (TPSA) is 111 Å². The maximum atomic E-state index is 14.5. The number of aliphatic hydroxyl groups excluding tert-OH is 3. The number of hydrogen-bond acceptors (Lipinski definition) is 5. The summed E-state index contributed by atoms with van der Waals surface area (Å²) in [5.74, 6) is -3.31. The maximum absolute atomic E-state index is 14.5. The van der Waals surface area contributed by atoms with E-state index in [2.05, 4.69) is 10.6 Å².